The van der Waals surface area contributed by atoms with Crippen molar-refractivity contribution in [2.45, 2.75) is 19.6 Å². The van der Waals surface area contributed by atoms with Gasteiger partial charge in [0.2, 0.25) is 5.79 Å². The summed E-state index contributed by atoms with van der Waals surface area (Å²) >= 11 is 5.79. The molecule has 1 heterocycles. The van der Waals surface area contributed by atoms with Gasteiger partial charge in [0, 0.05) is 18.9 Å². The lowest BCUT2D eigenvalue weighted by atomic mass is 10.1. The van der Waals surface area contributed by atoms with Crippen LogP contribution in [0.25, 0.3) is 0 Å². The van der Waals surface area contributed by atoms with E-state index < -0.39 is 5.79 Å². The summed E-state index contributed by atoms with van der Waals surface area (Å²) in [6.45, 7) is 3.35. The van der Waals surface area contributed by atoms with E-state index in [0.29, 0.717) is 16.3 Å². The van der Waals surface area contributed by atoms with Gasteiger partial charge in [-0.3, -0.25) is 0 Å². The minimum atomic E-state index is -0.922. The Morgan fingerprint density at radius 3 is 2.71 bits per heavy atom. The van der Waals surface area contributed by atoms with E-state index in [1.54, 1.807) is 32.0 Å². The maximum atomic E-state index is 11.5. The Morgan fingerprint density at radius 2 is 2.00 bits per heavy atom. The summed E-state index contributed by atoms with van der Waals surface area (Å²) in [6, 6.07) is 4.83. The summed E-state index contributed by atoms with van der Waals surface area (Å²) in [6.07, 6.45) is 0. The number of rotatable bonds is 0. The van der Waals surface area contributed by atoms with Gasteiger partial charge in [-0.2, -0.15) is 0 Å². The lowest BCUT2D eigenvalue weighted by Crippen LogP contribution is -2.38. The summed E-state index contributed by atoms with van der Waals surface area (Å²) in [5, 5.41) is 0.536. The fourth-order valence-electron chi connectivity index (χ4n) is 1.31. The van der Waals surface area contributed by atoms with Gasteiger partial charge in [0.05, 0.1) is 0 Å². The van der Waals surface area contributed by atoms with E-state index in [4.69, 9.17) is 21.1 Å². The number of esters is 1. The van der Waals surface area contributed by atoms with Crippen LogP contribution in [0, 0.1) is 0 Å². The van der Waals surface area contributed by atoms with Gasteiger partial charge in [-0.05, 0) is 18.2 Å². The molecule has 14 heavy (non-hydrogen) atoms. The highest BCUT2D eigenvalue weighted by Crippen LogP contribution is 2.32. The van der Waals surface area contributed by atoms with Crippen molar-refractivity contribution in [2.24, 2.45) is 0 Å². The Morgan fingerprint density at radius 1 is 1.29 bits per heavy atom. The molecule has 1 aromatic carbocycles. The average molecular weight is 213 g/mol. The Bertz CT molecular complexity index is 398. The highest BCUT2D eigenvalue weighted by Gasteiger charge is 2.33. The molecule has 1 aliphatic heterocycles. The number of carbonyl (C=O) groups excluding carboxylic acids is 1. The molecule has 4 heteroatoms. The van der Waals surface area contributed by atoms with Crippen LogP contribution in [0.2, 0.25) is 5.02 Å². The Kier molecular flexibility index (Phi) is 1.93. The molecule has 3 nitrogen and oxygen atoms in total. The molecule has 0 radical (unpaired) electrons. The quantitative estimate of drug-likeness (QED) is 0.621. The van der Waals surface area contributed by atoms with Crippen LogP contribution in [0.5, 0.6) is 5.75 Å². The van der Waals surface area contributed by atoms with Crippen molar-refractivity contribution >= 4 is 17.6 Å². The summed E-state index contributed by atoms with van der Waals surface area (Å²) in [4.78, 5) is 11.5. The van der Waals surface area contributed by atoms with E-state index in [2.05, 4.69) is 0 Å². The van der Waals surface area contributed by atoms with Crippen molar-refractivity contribution in [3.05, 3.63) is 28.8 Å². The first kappa shape index (κ1) is 9.34. The molecular formula is C10H9ClO3. The number of hydrogen-bond donors (Lipinski definition) is 0. The summed E-state index contributed by atoms with van der Waals surface area (Å²) in [5.74, 6) is -0.832. The van der Waals surface area contributed by atoms with Crippen LogP contribution >= 0.6 is 11.6 Å². The van der Waals surface area contributed by atoms with Gasteiger partial charge >= 0.3 is 5.97 Å². The molecule has 0 atom stereocenters. The molecule has 0 fully saturated rings. The maximum Gasteiger partial charge on any atom is 0.345 e. The number of ether oxygens (including phenoxy) is 2. The number of carbonyl (C=O) groups is 1. The zero-order valence-corrected chi connectivity index (χ0v) is 8.59. The number of halogens is 1. The van der Waals surface area contributed by atoms with Gasteiger partial charge in [0.15, 0.2) is 0 Å². The van der Waals surface area contributed by atoms with Crippen molar-refractivity contribution < 1.29 is 14.3 Å². The zero-order valence-electron chi connectivity index (χ0n) is 7.83. The number of benzene rings is 1. The fourth-order valence-corrected chi connectivity index (χ4v) is 1.48. The number of cyclic esters (lactones) is 1. The molecule has 1 aromatic rings. The molecule has 0 bridgehead atoms. The molecule has 0 N–H and O–H groups in total. The minimum absolute atomic E-state index is 0.382. The van der Waals surface area contributed by atoms with Crippen molar-refractivity contribution in [1.29, 1.82) is 0 Å². The molecule has 0 amide bonds. The largest absolute Gasteiger partial charge is 0.452 e. The van der Waals surface area contributed by atoms with Gasteiger partial charge in [-0.25, -0.2) is 4.79 Å². The van der Waals surface area contributed by atoms with E-state index in [-0.39, 0.29) is 5.97 Å². The monoisotopic (exact) mass is 212 g/mol. The van der Waals surface area contributed by atoms with Gasteiger partial charge in [-0.1, -0.05) is 11.6 Å². The second kappa shape index (κ2) is 2.89. The van der Waals surface area contributed by atoms with Crippen LogP contribution in [0.4, 0.5) is 0 Å². The zero-order chi connectivity index (χ0) is 10.3. The summed E-state index contributed by atoms with van der Waals surface area (Å²) in [7, 11) is 0. The van der Waals surface area contributed by atoms with Crippen molar-refractivity contribution in [3.63, 3.8) is 0 Å². The molecule has 1 aliphatic rings. The van der Waals surface area contributed by atoms with Crippen molar-refractivity contribution in [3.8, 4) is 5.75 Å². The van der Waals surface area contributed by atoms with Gasteiger partial charge in [0.1, 0.15) is 11.3 Å². The summed E-state index contributed by atoms with van der Waals surface area (Å²) < 4.78 is 10.5. The van der Waals surface area contributed by atoms with Crippen LogP contribution in [-0.2, 0) is 4.74 Å². The normalized spacial score (nSPS) is 18.1. The van der Waals surface area contributed by atoms with Crippen LogP contribution in [0.3, 0.4) is 0 Å². The smallest absolute Gasteiger partial charge is 0.345 e. The molecule has 74 valence electrons. The Labute approximate surface area is 86.6 Å². The second-order valence-electron chi connectivity index (χ2n) is 3.53. The molecular weight excluding hydrogens is 204 g/mol. The topological polar surface area (TPSA) is 35.5 Å². The first-order valence-corrected chi connectivity index (χ1v) is 4.58. The predicted molar refractivity (Wildman–Crippen MR) is 51.6 cm³/mol. The minimum Gasteiger partial charge on any atom is -0.452 e. The second-order valence-corrected chi connectivity index (χ2v) is 3.97. The Balaban J connectivity index is 2.51. The van der Waals surface area contributed by atoms with Crippen LogP contribution in [-0.4, -0.2) is 11.8 Å². The predicted octanol–water partition coefficient (Wildman–Crippen LogP) is 2.63. The van der Waals surface area contributed by atoms with E-state index in [0.717, 1.165) is 0 Å². The van der Waals surface area contributed by atoms with Gasteiger partial charge in [-0.15, -0.1) is 0 Å². The third-order valence-electron chi connectivity index (χ3n) is 1.86. The van der Waals surface area contributed by atoms with E-state index in [1.807, 2.05) is 0 Å². The maximum absolute atomic E-state index is 11.5. The van der Waals surface area contributed by atoms with E-state index in [1.165, 1.54) is 0 Å². The third kappa shape index (κ3) is 1.55. The highest BCUT2D eigenvalue weighted by molar-refractivity contribution is 6.30. The molecule has 0 aromatic heterocycles. The third-order valence-corrected chi connectivity index (χ3v) is 2.09. The average Bonchev–Trinajstić information content (AvgIpc) is 2.00. The number of hydrogen-bond acceptors (Lipinski definition) is 3. The molecule has 0 saturated heterocycles. The first-order chi connectivity index (χ1) is 6.48. The number of fused-ring (bicyclic) bond motifs is 1. The molecule has 0 unspecified atom stereocenters. The van der Waals surface area contributed by atoms with Crippen molar-refractivity contribution in [1.82, 2.24) is 0 Å². The molecule has 0 spiro atoms. The van der Waals surface area contributed by atoms with Crippen LogP contribution in [0.1, 0.15) is 24.2 Å². The van der Waals surface area contributed by atoms with Crippen molar-refractivity contribution in [2.75, 3.05) is 0 Å². The standard InChI is InChI=1S/C10H9ClO3/c1-10(2)13-8-5-6(11)3-4-7(8)9(12)14-10/h3-5H,1-2H3. The van der Waals surface area contributed by atoms with Crippen LogP contribution in [0.15, 0.2) is 18.2 Å². The van der Waals surface area contributed by atoms with Crippen LogP contribution < -0.4 is 4.74 Å². The lowest BCUT2D eigenvalue weighted by molar-refractivity contribution is -0.127. The summed E-state index contributed by atoms with van der Waals surface area (Å²) in [5.41, 5.74) is 0.411. The lowest BCUT2D eigenvalue weighted by Gasteiger charge is -2.31. The van der Waals surface area contributed by atoms with E-state index in [9.17, 15) is 4.79 Å². The fraction of sp³-hybridized carbons (Fsp3) is 0.300. The molecule has 0 aliphatic carbocycles. The highest BCUT2D eigenvalue weighted by atomic mass is 35.5. The van der Waals surface area contributed by atoms with Gasteiger partial charge in [0.25, 0.3) is 0 Å². The van der Waals surface area contributed by atoms with E-state index >= 15 is 0 Å². The SMILES string of the molecule is CC1(C)OC(=O)c2ccc(Cl)cc2O1. The molecule has 0 saturated carbocycles. The van der Waals surface area contributed by atoms with Gasteiger partial charge < -0.3 is 9.47 Å². The Hall–Kier alpha value is -1.22. The molecule has 2 rings (SSSR count). The first-order valence-electron chi connectivity index (χ1n) is 4.20.